The third-order valence-electron chi connectivity index (χ3n) is 2.61. The van der Waals surface area contributed by atoms with Crippen molar-refractivity contribution in [2.45, 2.75) is 0 Å². The lowest BCUT2D eigenvalue weighted by Crippen LogP contribution is -2.02. The lowest BCUT2D eigenvalue weighted by atomic mass is 10.2. The summed E-state index contributed by atoms with van der Waals surface area (Å²) in [6.07, 6.45) is 5.58. The fourth-order valence-corrected chi connectivity index (χ4v) is 1.79. The number of anilines is 1. The fourth-order valence-electron chi connectivity index (χ4n) is 1.79. The van der Waals surface area contributed by atoms with E-state index in [0.29, 0.717) is 17.5 Å². The molecule has 0 unspecified atom stereocenters. The second-order valence-electron chi connectivity index (χ2n) is 3.95. The fraction of sp³-hybridized carbons (Fsp3) is 0. The van der Waals surface area contributed by atoms with Gasteiger partial charge in [-0.25, -0.2) is 19.3 Å². The largest absolute Gasteiger partial charge is 0.399 e. The summed E-state index contributed by atoms with van der Waals surface area (Å²) in [6, 6.07) is 7.33. The number of halogens is 1. The van der Waals surface area contributed by atoms with Crippen LogP contribution in [0.3, 0.4) is 0 Å². The van der Waals surface area contributed by atoms with E-state index in [4.69, 9.17) is 5.73 Å². The Kier molecular flexibility index (Phi) is 2.68. The van der Waals surface area contributed by atoms with Crippen LogP contribution in [0.2, 0.25) is 0 Å². The molecule has 0 saturated carbocycles. The highest BCUT2D eigenvalue weighted by molar-refractivity contribution is 5.62. The molecule has 3 aromatic rings. The molecule has 2 heterocycles. The second-order valence-corrected chi connectivity index (χ2v) is 3.95. The average Bonchev–Trinajstić information content (AvgIpc) is 2.89. The summed E-state index contributed by atoms with van der Waals surface area (Å²) in [5.41, 5.74) is 7.25. The molecule has 2 aromatic heterocycles. The monoisotopic (exact) mass is 255 g/mol. The van der Waals surface area contributed by atoms with Crippen LogP contribution in [0.5, 0.6) is 0 Å². The molecule has 19 heavy (non-hydrogen) atoms. The van der Waals surface area contributed by atoms with Crippen molar-refractivity contribution >= 4 is 5.69 Å². The minimum Gasteiger partial charge on any atom is -0.399 e. The molecule has 0 radical (unpaired) electrons. The van der Waals surface area contributed by atoms with Crippen molar-refractivity contribution in [3.8, 4) is 17.3 Å². The van der Waals surface area contributed by atoms with Gasteiger partial charge in [-0.15, -0.1) is 0 Å². The maximum atomic E-state index is 12.8. The Hall–Kier alpha value is -2.76. The first-order valence-electron chi connectivity index (χ1n) is 5.61. The van der Waals surface area contributed by atoms with Gasteiger partial charge < -0.3 is 5.73 Å². The van der Waals surface area contributed by atoms with Crippen LogP contribution in [-0.4, -0.2) is 19.5 Å². The van der Waals surface area contributed by atoms with Crippen molar-refractivity contribution in [2.24, 2.45) is 0 Å². The van der Waals surface area contributed by atoms with Gasteiger partial charge in [0.15, 0.2) is 5.82 Å². The average molecular weight is 255 g/mol. The molecule has 0 amide bonds. The van der Waals surface area contributed by atoms with Gasteiger partial charge in [0.05, 0.1) is 12.4 Å². The quantitative estimate of drug-likeness (QED) is 0.711. The van der Waals surface area contributed by atoms with Crippen molar-refractivity contribution in [1.29, 1.82) is 0 Å². The number of hydrogen-bond donors (Lipinski definition) is 1. The van der Waals surface area contributed by atoms with Gasteiger partial charge in [0.2, 0.25) is 5.95 Å². The molecule has 2 N–H and O–H groups in total. The Labute approximate surface area is 108 Å². The van der Waals surface area contributed by atoms with Gasteiger partial charge in [0, 0.05) is 23.6 Å². The van der Waals surface area contributed by atoms with E-state index in [2.05, 4.69) is 15.0 Å². The van der Waals surface area contributed by atoms with E-state index in [0.717, 1.165) is 18.0 Å². The van der Waals surface area contributed by atoms with Gasteiger partial charge in [-0.3, -0.25) is 4.57 Å². The number of rotatable bonds is 2. The van der Waals surface area contributed by atoms with Crippen molar-refractivity contribution in [2.75, 3.05) is 5.73 Å². The number of nitrogens with two attached hydrogens (primary N) is 1. The zero-order chi connectivity index (χ0) is 13.2. The van der Waals surface area contributed by atoms with E-state index in [-0.39, 0.29) is 0 Å². The number of imidazole rings is 1. The summed E-state index contributed by atoms with van der Waals surface area (Å²) in [7, 11) is 0. The molecular formula is C13H10FN5. The Morgan fingerprint density at radius 3 is 2.63 bits per heavy atom. The SMILES string of the molecule is Nc1cccc(-c2nccn2-c2ncc(F)cn2)c1. The first kappa shape index (κ1) is 11.3. The van der Waals surface area contributed by atoms with Crippen LogP contribution in [0.25, 0.3) is 17.3 Å². The van der Waals surface area contributed by atoms with E-state index < -0.39 is 5.82 Å². The number of nitrogen functional groups attached to an aromatic ring is 1. The highest BCUT2D eigenvalue weighted by atomic mass is 19.1. The van der Waals surface area contributed by atoms with Gasteiger partial charge in [0.25, 0.3) is 0 Å². The standard InChI is InChI=1S/C13H10FN5/c14-10-7-17-13(18-8-10)19-5-4-16-12(19)9-2-1-3-11(15)6-9/h1-8H,15H2. The predicted molar refractivity (Wildman–Crippen MR) is 69.0 cm³/mol. The molecule has 0 aliphatic rings. The zero-order valence-corrected chi connectivity index (χ0v) is 9.86. The van der Waals surface area contributed by atoms with Gasteiger partial charge in [-0.2, -0.15) is 0 Å². The molecule has 0 spiro atoms. The third kappa shape index (κ3) is 2.15. The molecule has 0 aliphatic carbocycles. The Morgan fingerprint density at radius 1 is 1.11 bits per heavy atom. The number of aromatic nitrogens is 4. The lowest BCUT2D eigenvalue weighted by Gasteiger charge is -2.06. The Morgan fingerprint density at radius 2 is 1.89 bits per heavy atom. The molecule has 3 rings (SSSR count). The van der Waals surface area contributed by atoms with Crippen LogP contribution in [0.1, 0.15) is 0 Å². The number of hydrogen-bond acceptors (Lipinski definition) is 4. The van der Waals surface area contributed by atoms with Crippen molar-refractivity contribution < 1.29 is 4.39 Å². The summed E-state index contributed by atoms with van der Waals surface area (Å²) in [4.78, 5) is 12.1. The first-order chi connectivity index (χ1) is 9.24. The first-order valence-corrected chi connectivity index (χ1v) is 5.61. The van der Waals surface area contributed by atoms with Gasteiger partial charge >= 0.3 is 0 Å². The molecular weight excluding hydrogens is 245 g/mol. The molecule has 0 bridgehead atoms. The van der Waals surface area contributed by atoms with Crippen molar-refractivity contribution in [3.05, 3.63) is 54.9 Å². The van der Waals surface area contributed by atoms with E-state index >= 15 is 0 Å². The highest BCUT2D eigenvalue weighted by Gasteiger charge is 2.09. The molecule has 0 aliphatic heterocycles. The smallest absolute Gasteiger partial charge is 0.235 e. The van der Waals surface area contributed by atoms with Crippen LogP contribution in [0.15, 0.2) is 49.1 Å². The topological polar surface area (TPSA) is 69.6 Å². The van der Waals surface area contributed by atoms with Gasteiger partial charge in [-0.1, -0.05) is 12.1 Å². The summed E-state index contributed by atoms with van der Waals surface area (Å²) in [5.74, 6) is 0.532. The number of benzene rings is 1. The van der Waals surface area contributed by atoms with Crippen LogP contribution in [-0.2, 0) is 0 Å². The molecule has 0 atom stereocenters. The molecule has 6 heteroatoms. The lowest BCUT2D eigenvalue weighted by molar-refractivity contribution is 0.611. The summed E-state index contributed by atoms with van der Waals surface area (Å²) in [6.45, 7) is 0. The zero-order valence-electron chi connectivity index (χ0n) is 9.86. The van der Waals surface area contributed by atoms with E-state index in [1.807, 2.05) is 18.2 Å². The van der Waals surface area contributed by atoms with E-state index in [1.165, 1.54) is 0 Å². The van der Waals surface area contributed by atoms with Crippen molar-refractivity contribution in [1.82, 2.24) is 19.5 Å². The normalized spacial score (nSPS) is 10.6. The summed E-state index contributed by atoms with van der Waals surface area (Å²) >= 11 is 0. The Bertz CT molecular complexity index is 705. The van der Waals surface area contributed by atoms with E-state index in [9.17, 15) is 4.39 Å². The Balaban J connectivity index is 2.10. The minimum absolute atomic E-state index is 0.358. The maximum Gasteiger partial charge on any atom is 0.235 e. The molecule has 0 fully saturated rings. The van der Waals surface area contributed by atoms with Crippen LogP contribution >= 0.6 is 0 Å². The van der Waals surface area contributed by atoms with Crippen molar-refractivity contribution in [3.63, 3.8) is 0 Å². The molecule has 0 saturated heterocycles. The van der Waals surface area contributed by atoms with Crippen LogP contribution < -0.4 is 5.73 Å². The molecule has 94 valence electrons. The maximum absolute atomic E-state index is 12.8. The van der Waals surface area contributed by atoms with E-state index in [1.54, 1.807) is 23.0 Å². The second kappa shape index (κ2) is 4.49. The van der Waals surface area contributed by atoms with Gasteiger partial charge in [-0.05, 0) is 12.1 Å². The third-order valence-corrected chi connectivity index (χ3v) is 2.61. The summed E-state index contributed by atoms with van der Waals surface area (Å²) in [5, 5.41) is 0. The van der Waals surface area contributed by atoms with Gasteiger partial charge in [0.1, 0.15) is 5.82 Å². The van der Waals surface area contributed by atoms with Crippen LogP contribution in [0.4, 0.5) is 10.1 Å². The summed E-state index contributed by atoms with van der Waals surface area (Å²) < 4.78 is 14.5. The molecule has 1 aromatic carbocycles. The predicted octanol–water partition coefficient (Wildman–Crippen LogP) is 2.05. The minimum atomic E-state index is -0.477. The van der Waals surface area contributed by atoms with Crippen LogP contribution in [0, 0.1) is 5.82 Å². The highest BCUT2D eigenvalue weighted by Crippen LogP contribution is 2.21. The molecule has 5 nitrogen and oxygen atoms in total. The number of nitrogens with zero attached hydrogens (tertiary/aromatic N) is 4.